The molecule has 1 aliphatic carbocycles. The molecule has 0 N–H and O–H groups in total. The van der Waals surface area contributed by atoms with Crippen molar-refractivity contribution in [2.45, 2.75) is 71.6 Å². The van der Waals surface area contributed by atoms with Gasteiger partial charge in [-0.2, -0.15) is 0 Å². The van der Waals surface area contributed by atoms with Gasteiger partial charge in [0.2, 0.25) is 0 Å². The summed E-state index contributed by atoms with van der Waals surface area (Å²) >= 11 is 0. The Balaban J connectivity index is 2.39. The molecule has 0 heteroatoms. The molecule has 1 rings (SSSR count). The zero-order chi connectivity index (χ0) is 11.1. The molecule has 1 fully saturated rings. The minimum absolute atomic E-state index is 0.875. The predicted octanol–water partition coefficient (Wildman–Crippen LogP) is 5.34. The highest BCUT2D eigenvalue weighted by Crippen LogP contribution is 2.28. The molecule has 0 aromatic heterocycles. The molecule has 0 aromatic rings. The molecule has 0 amide bonds. The standard InChI is InChI=1S/C15H28/c1-4-7-15-9-6-5-8-13(2)12-14(3)10-11-15/h13,15H,3-12H2,1-2H3. The second-order valence-electron chi connectivity index (χ2n) is 5.54. The van der Waals surface area contributed by atoms with E-state index in [-0.39, 0.29) is 0 Å². The molecule has 1 aliphatic rings. The summed E-state index contributed by atoms with van der Waals surface area (Å²) in [5.74, 6) is 1.86. The Hall–Kier alpha value is -0.260. The monoisotopic (exact) mass is 208 g/mol. The van der Waals surface area contributed by atoms with Crippen molar-refractivity contribution in [3.05, 3.63) is 12.2 Å². The van der Waals surface area contributed by atoms with Crippen molar-refractivity contribution in [3.8, 4) is 0 Å². The lowest BCUT2D eigenvalue weighted by Crippen LogP contribution is -2.05. The van der Waals surface area contributed by atoms with Crippen molar-refractivity contribution in [1.82, 2.24) is 0 Å². The molecule has 0 nitrogen and oxygen atoms in total. The van der Waals surface area contributed by atoms with E-state index in [1.165, 1.54) is 63.4 Å². The highest BCUT2D eigenvalue weighted by molar-refractivity contribution is 4.96. The van der Waals surface area contributed by atoms with E-state index in [0.29, 0.717) is 0 Å². The minimum atomic E-state index is 0.875. The summed E-state index contributed by atoms with van der Waals surface area (Å²) in [7, 11) is 0. The zero-order valence-corrected chi connectivity index (χ0v) is 10.7. The van der Waals surface area contributed by atoms with Crippen LogP contribution in [0.2, 0.25) is 0 Å². The minimum Gasteiger partial charge on any atom is -0.0999 e. The smallest absolute Gasteiger partial charge is 0.0297 e. The van der Waals surface area contributed by atoms with Gasteiger partial charge in [-0.3, -0.25) is 0 Å². The Morgan fingerprint density at radius 3 is 2.67 bits per heavy atom. The van der Waals surface area contributed by atoms with E-state index in [2.05, 4.69) is 20.4 Å². The Morgan fingerprint density at radius 1 is 1.20 bits per heavy atom. The van der Waals surface area contributed by atoms with Crippen molar-refractivity contribution >= 4 is 0 Å². The largest absolute Gasteiger partial charge is 0.0999 e. The fraction of sp³-hybridized carbons (Fsp3) is 0.867. The maximum absolute atomic E-state index is 4.23. The van der Waals surface area contributed by atoms with Crippen LogP contribution in [-0.4, -0.2) is 0 Å². The van der Waals surface area contributed by atoms with Crippen molar-refractivity contribution < 1.29 is 0 Å². The lowest BCUT2D eigenvalue weighted by molar-refractivity contribution is 0.367. The third-order valence-corrected chi connectivity index (χ3v) is 3.80. The van der Waals surface area contributed by atoms with Crippen LogP contribution >= 0.6 is 0 Å². The van der Waals surface area contributed by atoms with E-state index in [1.54, 1.807) is 0 Å². The third-order valence-electron chi connectivity index (χ3n) is 3.80. The van der Waals surface area contributed by atoms with Crippen LogP contribution in [-0.2, 0) is 0 Å². The highest BCUT2D eigenvalue weighted by atomic mass is 14.2. The van der Waals surface area contributed by atoms with Crippen LogP contribution in [0.4, 0.5) is 0 Å². The van der Waals surface area contributed by atoms with Gasteiger partial charge in [0, 0.05) is 0 Å². The summed E-state index contributed by atoms with van der Waals surface area (Å²) < 4.78 is 0. The Bertz CT molecular complexity index is 180. The Kier molecular flexibility index (Phi) is 6.05. The first-order chi connectivity index (χ1) is 7.22. The van der Waals surface area contributed by atoms with E-state index >= 15 is 0 Å². The quantitative estimate of drug-likeness (QED) is 0.537. The van der Waals surface area contributed by atoms with Crippen LogP contribution in [0.3, 0.4) is 0 Å². The first-order valence-electron chi connectivity index (χ1n) is 6.89. The summed E-state index contributed by atoms with van der Waals surface area (Å²) in [6, 6.07) is 0. The normalized spacial score (nSPS) is 30.1. The summed E-state index contributed by atoms with van der Waals surface area (Å²) in [6.45, 7) is 8.93. The first-order valence-corrected chi connectivity index (χ1v) is 6.89. The third kappa shape index (κ3) is 5.39. The molecule has 15 heavy (non-hydrogen) atoms. The average molecular weight is 208 g/mol. The van der Waals surface area contributed by atoms with Crippen LogP contribution in [0, 0.1) is 11.8 Å². The number of rotatable bonds is 2. The summed E-state index contributed by atoms with van der Waals surface area (Å²) in [6.07, 6.45) is 12.5. The zero-order valence-electron chi connectivity index (χ0n) is 10.7. The number of allylic oxidation sites excluding steroid dienone is 1. The van der Waals surface area contributed by atoms with Crippen molar-refractivity contribution in [2.24, 2.45) is 11.8 Å². The van der Waals surface area contributed by atoms with Gasteiger partial charge in [0.25, 0.3) is 0 Å². The van der Waals surface area contributed by atoms with Crippen LogP contribution in [0.1, 0.15) is 71.6 Å². The molecular weight excluding hydrogens is 180 g/mol. The number of hydrogen-bond acceptors (Lipinski definition) is 0. The summed E-state index contributed by atoms with van der Waals surface area (Å²) in [5, 5.41) is 0. The Labute approximate surface area is 96.2 Å². The first kappa shape index (κ1) is 12.8. The van der Waals surface area contributed by atoms with E-state index in [0.717, 1.165) is 11.8 Å². The van der Waals surface area contributed by atoms with E-state index < -0.39 is 0 Å². The Morgan fingerprint density at radius 2 is 1.93 bits per heavy atom. The molecule has 2 unspecified atom stereocenters. The maximum Gasteiger partial charge on any atom is -0.0297 e. The molecule has 0 radical (unpaired) electrons. The molecule has 0 aliphatic heterocycles. The second-order valence-corrected chi connectivity index (χ2v) is 5.54. The van der Waals surface area contributed by atoms with Gasteiger partial charge in [-0.15, -0.1) is 0 Å². The van der Waals surface area contributed by atoms with Crippen LogP contribution < -0.4 is 0 Å². The molecule has 2 atom stereocenters. The molecule has 0 aromatic carbocycles. The summed E-state index contributed by atoms with van der Waals surface area (Å²) in [4.78, 5) is 0. The fourth-order valence-corrected chi connectivity index (χ4v) is 2.87. The SMILES string of the molecule is C=C1CCC(CCC)CCCCC(C)C1. The van der Waals surface area contributed by atoms with Gasteiger partial charge >= 0.3 is 0 Å². The molecular formula is C15H28. The average Bonchev–Trinajstić information content (AvgIpc) is 2.20. The summed E-state index contributed by atoms with van der Waals surface area (Å²) in [5.41, 5.74) is 1.51. The molecule has 0 saturated heterocycles. The van der Waals surface area contributed by atoms with Crippen LogP contribution in [0.25, 0.3) is 0 Å². The molecule has 88 valence electrons. The van der Waals surface area contributed by atoms with Gasteiger partial charge in [0.05, 0.1) is 0 Å². The van der Waals surface area contributed by atoms with Gasteiger partial charge in [0.15, 0.2) is 0 Å². The lowest BCUT2D eigenvalue weighted by Gasteiger charge is -2.21. The number of hydrogen-bond donors (Lipinski definition) is 0. The van der Waals surface area contributed by atoms with Gasteiger partial charge in [0.1, 0.15) is 0 Å². The van der Waals surface area contributed by atoms with Gasteiger partial charge in [-0.1, -0.05) is 64.5 Å². The van der Waals surface area contributed by atoms with E-state index in [9.17, 15) is 0 Å². The fourth-order valence-electron chi connectivity index (χ4n) is 2.87. The molecule has 0 spiro atoms. The predicted molar refractivity (Wildman–Crippen MR) is 69.0 cm³/mol. The van der Waals surface area contributed by atoms with Crippen LogP contribution in [0.5, 0.6) is 0 Å². The van der Waals surface area contributed by atoms with Gasteiger partial charge in [-0.25, -0.2) is 0 Å². The van der Waals surface area contributed by atoms with Gasteiger partial charge < -0.3 is 0 Å². The highest BCUT2D eigenvalue weighted by Gasteiger charge is 2.12. The van der Waals surface area contributed by atoms with Crippen molar-refractivity contribution in [2.75, 3.05) is 0 Å². The van der Waals surface area contributed by atoms with Crippen molar-refractivity contribution in [3.63, 3.8) is 0 Å². The molecule has 1 saturated carbocycles. The van der Waals surface area contributed by atoms with E-state index in [4.69, 9.17) is 0 Å². The second kappa shape index (κ2) is 7.09. The molecule has 0 heterocycles. The van der Waals surface area contributed by atoms with Crippen LogP contribution in [0.15, 0.2) is 12.2 Å². The van der Waals surface area contributed by atoms with E-state index in [1.807, 2.05) is 0 Å². The van der Waals surface area contributed by atoms with Gasteiger partial charge in [-0.05, 0) is 31.1 Å². The topological polar surface area (TPSA) is 0 Å². The maximum atomic E-state index is 4.23. The van der Waals surface area contributed by atoms with Crippen molar-refractivity contribution in [1.29, 1.82) is 0 Å². The molecule has 0 bridgehead atoms. The lowest BCUT2D eigenvalue weighted by atomic mass is 9.85.